The Kier molecular flexibility index (Phi) is 3.82. The molecule has 2 rings (SSSR count). The molecule has 20 heavy (non-hydrogen) atoms. The van der Waals surface area contributed by atoms with E-state index < -0.39 is 20.7 Å². The number of hydrogen-bond acceptors (Lipinski definition) is 4. The van der Waals surface area contributed by atoms with Gasteiger partial charge in [0, 0.05) is 17.6 Å². The minimum absolute atomic E-state index is 0.0580. The number of halogens is 2. The maximum absolute atomic E-state index is 13.8. The Hall–Kier alpha value is -1.86. The van der Waals surface area contributed by atoms with E-state index in [1.165, 1.54) is 18.3 Å². The molecule has 0 aliphatic carbocycles. The van der Waals surface area contributed by atoms with Crippen LogP contribution in [0.15, 0.2) is 35.4 Å². The van der Waals surface area contributed by atoms with Crippen molar-refractivity contribution in [2.75, 3.05) is 10.5 Å². The van der Waals surface area contributed by atoms with Gasteiger partial charge in [-0.25, -0.2) is 12.8 Å². The summed E-state index contributed by atoms with van der Waals surface area (Å²) in [6, 6.07) is 5.13. The predicted octanol–water partition coefficient (Wildman–Crippen LogP) is 2.57. The smallest absolute Gasteiger partial charge is 0.264 e. The van der Waals surface area contributed by atoms with E-state index in [4.69, 9.17) is 17.3 Å². The number of anilines is 2. The van der Waals surface area contributed by atoms with E-state index in [0.29, 0.717) is 5.69 Å². The standard InChI is InChI=1S/C12H11ClFN3O2S/c1-7-4-9(2-3-16-7)17-20(18,19)11-6-8(15)5-10(13)12(11)14/h2-6H,15H2,1H3,(H,16,17). The second-order valence-corrected chi connectivity index (χ2v) is 6.16. The molecule has 8 heteroatoms. The quantitative estimate of drug-likeness (QED) is 0.852. The Morgan fingerprint density at radius 3 is 2.70 bits per heavy atom. The highest BCUT2D eigenvalue weighted by Crippen LogP contribution is 2.27. The minimum Gasteiger partial charge on any atom is -0.399 e. The highest BCUT2D eigenvalue weighted by atomic mass is 35.5. The van der Waals surface area contributed by atoms with Gasteiger partial charge in [-0.2, -0.15) is 0 Å². The van der Waals surface area contributed by atoms with E-state index >= 15 is 0 Å². The largest absolute Gasteiger partial charge is 0.399 e. The molecule has 0 atom stereocenters. The molecular formula is C12H11ClFN3O2S. The van der Waals surface area contributed by atoms with Crippen LogP contribution in [0.1, 0.15) is 5.69 Å². The van der Waals surface area contributed by atoms with Gasteiger partial charge in [0.1, 0.15) is 4.90 Å². The van der Waals surface area contributed by atoms with Crippen LogP contribution in [0.3, 0.4) is 0 Å². The van der Waals surface area contributed by atoms with Gasteiger partial charge in [0.15, 0.2) is 5.82 Å². The van der Waals surface area contributed by atoms with Gasteiger partial charge in [-0.1, -0.05) is 11.6 Å². The molecule has 1 aromatic carbocycles. The SMILES string of the molecule is Cc1cc(NS(=O)(=O)c2cc(N)cc(Cl)c2F)ccn1. The summed E-state index contributed by atoms with van der Waals surface area (Å²) in [7, 11) is -4.12. The third kappa shape index (κ3) is 3.00. The Morgan fingerprint density at radius 1 is 1.35 bits per heavy atom. The molecule has 0 radical (unpaired) electrons. The zero-order chi connectivity index (χ0) is 14.9. The topological polar surface area (TPSA) is 85.1 Å². The van der Waals surface area contributed by atoms with E-state index in [9.17, 15) is 12.8 Å². The van der Waals surface area contributed by atoms with Gasteiger partial charge in [0.2, 0.25) is 0 Å². The third-order valence-electron chi connectivity index (χ3n) is 2.46. The van der Waals surface area contributed by atoms with Gasteiger partial charge in [-0.05, 0) is 31.2 Å². The Balaban J connectivity index is 2.46. The van der Waals surface area contributed by atoms with Crippen molar-refractivity contribution < 1.29 is 12.8 Å². The van der Waals surface area contributed by atoms with Crippen LogP contribution in [0, 0.1) is 12.7 Å². The van der Waals surface area contributed by atoms with Crippen LogP contribution < -0.4 is 10.5 Å². The zero-order valence-electron chi connectivity index (χ0n) is 10.4. The van der Waals surface area contributed by atoms with E-state index in [2.05, 4.69) is 9.71 Å². The first kappa shape index (κ1) is 14.5. The number of nitrogens with zero attached hydrogens (tertiary/aromatic N) is 1. The van der Waals surface area contributed by atoms with Gasteiger partial charge >= 0.3 is 0 Å². The third-order valence-corrected chi connectivity index (χ3v) is 4.11. The first-order chi connectivity index (χ1) is 9.29. The number of aryl methyl sites for hydroxylation is 1. The number of benzene rings is 1. The highest BCUT2D eigenvalue weighted by molar-refractivity contribution is 7.92. The number of rotatable bonds is 3. The van der Waals surface area contributed by atoms with Crippen molar-refractivity contribution >= 4 is 33.0 Å². The van der Waals surface area contributed by atoms with Gasteiger partial charge in [0.05, 0.1) is 10.7 Å². The molecule has 0 unspecified atom stereocenters. The summed E-state index contributed by atoms with van der Waals surface area (Å²) >= 11 is 5.60. The van der Waals surface area contributed by atoms with Crippen molar-refractivity contribution in [1.82, 2.24) is 4.98 Å². The number of sulfonamides is 1. The fourth-order valence-electron chi connectivity index (χ4n) is 1.60. The summed E-state index contributed by atoms with van der Waals surface area (Å²) in [5.74, 6) is -1.04. The maximum Gasteiger partial charge on any atom is 0.264 e. The maximum atomic E-state index is 13.8. The average molecular weight is 316 g/mol. The van der Waals surface area contributed by atoms with E-state index in [-0.39, 0.29) is 16.4 Å². The minimum atomic E-state index is -4.12. The van der Waals surface area contributed by atoms with Crippen molar-refractivity contribution in [3.05, 3.63) is 47.0 Å². The Bertz CT molecular complexity index is 765. The van der Waals surface area contributed by atoms with Crippen LogP contribution in [0.25, 0.3) is 0 Å². The number of nitrogens with two attached hydrogens (primary N) is 1. The Labute approximate surface area is 120 Å². The number of nitrogens with one attached hydrogen (secondary N) is 1. The van der Waals surface area contributed by atoms with Crippen molar-refractivity contribution in [1.29, 1.82) is 0 Å². The Morgan fingerprint density at radius 2 is 2.05 bits per heavy atom. The number of nitrogen functional groups attached to an aromatic ring is 1. The van der Waals surface area contributed by atoms with Gasteiger partial charge in [0.25, 0.3) is 10.0 Å². The molecule has 0 fully saturated rings. The van der Waals surface area contributed by atoms with Gasteiger partial charge in [-0.3, -0.25) is 9.71 Å². The predicted molar refractivity (Wildman–Crippen MR) is 75.6 cm³/mol. The van der Waals surface area contributed by atoms with Crippen LogP contribution in [0.2, 0.25) is 5.02 Å². The second kappa shape index (κ2) is 5.26. The lowest BCUT2D eigenvalue weighted by molar-refractivity contribution is 0.571. The first-order valence-corrected chi connectivity index (χ1v) is 7.36. The molecule has 3 N–H and O–H groups in total. The molecule has 0 bridgehead atoms. The molecule has 0 saturated heterocycles. The molecule has 2 aromatic rings. The first-order valence-electron chi connectivity index (χ1n) is 5.49. The summed E-state index contributed by atoms with van der Waals surface area (Å²) in [6.07, 6.45) is 1.44. The van der Waals surface area contributed by atoms with Crippen LogP contribution >= 0.6 is 11.6 Å². The molecule has 0 aliphatic rings. The molecule has 0 saturated carbocycles. The highest BCUT2D eigenvalue weighted by Gasteiger charge is 2.22. The molecule has 0 spiro atoms. The van der Waals surface area contributed by atoms with Crippen LogP contribution in [0.4, 0.5) is 15.8 Å². The summed E-state index contributed by atoms with van der Waals surface area (Å²) in [5, 5.41) is -0.351. The van der Waals surface area contributed by atoms with Crippen molar-refractivity contribution in [3.8, 4) is 0 Å². The fraction of sp³-hybridized carbons (Fsp3) is 0.0833. The van der Waals surface area contributed by atoms with E-state index in [1.807, 2.05) is 0 Å². The second-order valence-electron chi connectivity index (χ2n) is 4.11. The van der Waals surface area contributed by atoms with Gasteiger partial charge < -0.3 is 5.73 Å². The summed E-state index contributed by atoms with van der Waals surface area (Å²) in [6.45, 7) is 1.70. The fourth-order valence-corrected chi connectivity index (χ4v) is 3.07. The number of aromatic nitrogens is 1. The number of pyridine rings is 1. The summed E-state index contributed by atoms with van der Waals surface area (Å²) in [5.41, 5.74) is 6.44. The molecule has 5 nitrogen and oxygen atoms in total. The molecule has 1 heterocycles. The summed E-state index contributed by atoms with van der Waals surface area (Å²) in [4.78, 5) is 3.34. The van der Waals surface area contributed by atoms with Crippen LogP contribution in [-0.4, -0.2) is 13.4 Å². The van der Waals surface area contributed by atoms with Crippen LogP contribution in [0.5, 0.6) is 0 Å². The number of hydrogen-bond donors (Lipinski definition) is 2. The lowest BCUT2D eigenvalue weighted by atomic mass is 10.3. The van der Waals surface area contributed by atoms with Crippen LogP contribution in [-0.2, 0) is 10.0 Å². The molecule has 0 aliphatic heterocycles. The molecule has 106 valence electrons. The van der Waals surface area contributed by atoms with E-state index in [1.54, 1.807) is 6.92 Å². The molecular weight excluding hydrogens is 305 g/mol. The normalized spacial score (nSPS) is 11.3. The zero-order valence-corrected chi connectivity index (χ0v) is 12.0. The monoisotopic (exact) mass is 315 g/mol. The molecule has 0 amide bonds. The summed E-state index contributed by atoms with van der Waals surface area (Å²) < 4.78 is 40.4. The molecule has 1 aromatic heterocycles. The lowest BCUT2D eigenvalue weighted by Gasteiger charge is -2.10. The van der Waals surface area contributed by atoms with Gasteiger partial charge in [-0.15, -0.1) is 0 Å². The average Bonchev–Trinajstić information content (AvgIpc) is 2.33. The van der Waals surface area contributed by atoms with Crippen molar-refractivity contribution in [2.45, 2.75) is 11.8 Å². The van der Waals surface area contributed by atoms with E-state index in [0.717, 1.165) is 12.1 Å². The lowest BCUT2D eigenvalue weighted by Crippen LogP contribution is -2.15. The van der Waals surface area contributed by atoms with Crippen molar-refractivity contribution in [2.24, 2.45) is 0 Å². The van der Waals surface area contributed by atoms with Crippen molar-refractivity contribution in [3.63, 3.8) is 0 Å².